The smallest absolute Gasteiger partial charge is 0.261 e. The highest BCUT2D eigenvalue weighted by Gasteiger charge is 2.10. The van der Waals surface area contributed by atoms with Crippen LogP contribution in [0.25, 0.3) is 0 Å². The van der Waals surface area contributed by atoms with Crippen LogP contribution in [0.1, 0.15) is 15.2 Å². The Kier molecular flexibility index (Phi) is 3.87. The van der Waals surface area contributed by atoms with Crippen molar-refractivity contribution in [1.29, 1.82) is 0 Å². The average molecular weight is 247 g/mol. The zero-order chi connectivity index (χ0) is 11.5. The molecule has 1 amide bonds. The lowest BCUT2D eigenvalue weighted by Gasteiger charge is -2.02. The Morgan fingerprint density at radius 1 is 1.53 bits per heavy atom. The number of carbonyl (C=O) groups excluding carboxylic acids is 1. The molecule has 1 aromatic heterocycles. The SMILES string of the molecule is Cc1ccsc1C(=O)NCCS(C)(=O)=O. The van der Waals surface area contributed by atoms with E-state index in [4.69, 9.17) is 0 Å². The zero-order valence-electron chi connectivity index (χ0n) is 8.61. The van der Waals surface area contributed by atoms with E-state index in [0.29, 0.717) is 4.88 Å². The first-order chi connectivity index (χ1) is 6.90. The van der Waals surface area contributed by atoms with E-state index in [-0.39, 0.29) is 18.2 Å². The zero-order valence-corrected chi connectivity index (χ0v) is 10.2. The summed E-state index contributed by atoms with van der Waals surface area (Å²) in [5.41, 5.74) is 0.914. The van der Waals surface area contributed by atoms with Gasteiger partial charge in [-0.2, -0.15) is 0 Å². The summed E-state index contributed by atoms with van der Waals surface area (Å²) in [6.07, 6.45) is 1.15. The van der Waals surface area contributed by atoms with Gasteiger partial charge in [0.25, 0.3) is 5.91 Å². The van der Waals surface area contributed by atoms with Gasteiger partial charge in [-0.3, -0.25) is 4.79 Å². The second kappa shape index (κ2) is 4.76. The number of sulfone groups is 1. The molecule has 0 saturated heterocycles. The second-order valence-electron chi connectivity index (χ2n) is 3.32. The van der Waals surface area contributed by atoms with Crippen LogP contribution in [0.2, 0.25) is 0 Å². The maximum Gasteiger partial charge on any atom is 0.261 e. The molecule has 0 saturated carbocycles. The Balaban J connectivity index is 2.48. The molecule has 0 aliphatic rings. The van der Waals surface area contributed by atoms with E-state index in [1.165, 1.54) is 11.3 Å². The van der Waals surface area contributed by atoms with Gasteiger partial charge in [-0.15, -0.1) is 11.3 Å². The van der Waals surface area contributed by atoms with Crippen molar-refractivity contribution in [3.05, 3.63) is 21.9 Å². The molecule has 84 valence electrons. The molecule has 0 radical (unpaired) electrons. The molecule has 15 heavy (non-hydrogen) atoms. The molecule has 0 atom stereocenters. The lowest BCUT2D eigenvalue weighted by Crippen LogP contribution is -2.28. The highest BCUT2D eigenvalue weighted by Crippen LogP contribution is 2.14. The van der Waals surface area contributed by atoms with Gasteiger partial charge >= 0.3 is 0 Å². The minimum atomic E-state index is -3.01. The van der Waals surface area contributed by atoms with Crippen LogP contribution in [0.5, 0.6) is 0 Å². The number of thiophene rings is 1. The first kappa shape index (κ1) is 12.2. The standard InChI is InChI=1S/C9H13NO3S2/c1-7-3-5-14-8(7)9(11)10-4-6-15(2,12)13/h3,5H,4,6H2,1-2H3,(H,10,11). The van der Waals surface area contributed by atoms with Crippen molar-refractivity contribution >= 4 is 27.1 Å². The first-order valence-corrected chi connectivity index (χ1v) is 7.34. The number of nitrogens with one attached hydrogen (secondary N) is 1. The van der Waals surface area contributed by atoms with Gasteiger partial charge in [0, 0.05) is 12.8 Å². The van der Waals surface area contributed by atoms with E-state index in [9.17, 15) is 13.2 Å². The molecule has 0 aliphatic carbocycles. The number of hydrogen-bond donors (Lipinski definition) is 1. The predicted octanol–water partition coefficient (Wildman–Crippen LogP) is 0.831. The van der Waals surface area contributed by atoms with E-state index in [0.717, 1.165) is 11.8 Å². The summed E-state index contributed by atoms with van der Waals surface area (Å²) in [5, 5.41) is 4.41. The second-order valence-corrected chi connectivity index (χ2v) is 6.49. The summed E-state index contributed by atoms with van der Waals surface area (Å²) in [4.78, 5) is 12.2. The van der Waals surface area contributed by atoms with Gasteiger partial charge in [0.15, 0.2) is 0 Å². The highest BCUT2D eigenvalue weighted by molar-refractivity contribution is 7.90. The molecule has 1 rings (SSSR count). The van der Waals surface area contributed by atoms with Crippen LogP contribution in [-0.4, -0.2) is 32.9 Å². The molecule has 1 heterocycles. The highest BCUT2D eigenvalue weighted by atomic mass is 32.2. The molecule has 1 N–H and O–H groups in total. The van der Waals surface area contributed by atoms with Crippen LogP contribution in [-0.2, 0) is 9.84 Å². The summed E-state index contributed by atoms with van der Waals surface area (Å²) in [6.45, 7) is 2.01. The van der Waals surface area contributed by atoms with Crippen LogP contribution in [0.15, 0.2) is 11.4 Å². The Bertz CT molecular complexity index is 448. The first-order valence-electron chi connectivity index (χ1n) is 4.40. The van der Waals surface area contributed by atoms with Gasteiger partial charge in [0.05, 0.1) is 10.6 Å². The molecule has 0 aliphatic heterocycles. The molecule has 1 aromatic rings. The molecule has 6 heteroatoms. The van der Waals surface area contributed by atoms with E-state index >= 15 is 0 Å². The average Bonchev–Trinajstić information content (AvgIpc) is 2.48. The molecule has 4 nitrogen and oxygen atoms in total. The maximum atomic E-state index is 11.5. The Hall–Kier alpha value is -0.880. The van der Waals surface area contributed by atoms with Gasteiger partial charge in [0.2, 0.25) is 0 Å². The number of carbonyl (C=O) groups is 1. The number of amides is 1. The van der Waals surface area contributed by atoms with Gasteiger partial charge in [0.1, 0.15) is 9.84 Å². The molecular weight excluding hydrogens is 234 g/mol. The third-order valence-electron chi connectivity index (χ3n) is 1.83. The number of hydrogen-bond acceptors (Lipinski definition) is 4. The summed E-state index contributed by atoms with van der Waals surface area (Å²) < 4.78 is 21.6. The maximum absolute atomic E-state index is 11.5. The predicted molar refractivity (Wildman–Crippen MR) is 61.1 cm³/mol. The third-order valence-corrected chi connectivity index (χ3v) is 3.79. The van der Waals surface area contributed by atoms with Gasteiger partial charge in [-0.05, 0) is 23.9 Å². The Morgan fingerprint density at radius 2 is 2.20 bits per heavy atom. The minimum Gasteiger partial charge on any atom is -0.350 e. The lowest BCUT2D eigenvalue weighted by molar-refractivity contribution is 0.0959. The molecule has 0 fully saturated rings. The van der Waals surface area contributed by atoms with E-state index in [1.807, 2.05) is 18.4 Å². The lowest BCUT2D eigenvalue weighted by atomic mass is 10.3. The topological polar surface area (TPSA) is 63.2 Å². The van der Waals surface area contributed by atoms with Crippen LogP contribution in [0.4, 0.5) is 0 Å². The Morgan fingerprint density at radius 3 is 2.67 bits per heavy atom. The quantitative estimate of drug-likeness (QED) is 0.857. The van der Waals surface area contributed by atoms with Crippen LogP contribution < -0.4 is 5.32 Å². The fourth-order valence-electron chi connectivity index (χ4n) is 1.04. The fourth-order valence-corrected chi connectivity index (χ4v) is 2.35. The summed E-state index contributed by atoms with van der Waals surface area (Å²) in [6, 6.07) is 1.86. The molecule has 0 spiro atoms. The minimum absolute atomic E-state index is 0.0246. The normalized spacial score (nSPS) is 11.3. The van der Waals surface area contributed by atoms with Crippen LogP contribution >= 0.6 is 11.3 Å². The van der Waals surface area contributed by atoms with Crippen LogP contribution in [0.3, 0.4) is 0 Å². The van der Waals surface area contributed by atoms with Crippen molar-refractivity contribution in [3.63, 3.8) is 0 Å². The fraction of sp³-hybridized carbons (Fsp3) is 0.444. The summed E-state index contributed by atoms with van der Waals surface area (Å²) in [5.74, 6) is -0.227. The largest absolute Gasteiger partial charge is 0.350 e. The van der Waals surface area contributed by atoms with Crippen LogP contribution in [0, 0.1) is 6.92 Å². The van der Waals surface area contributed by atoms with Crippen molar-refractivity contribution in [2.75, 3.05) is 18.6 Å². The third kappa shape index (κ3) is 4.01. The Labute approximate surface area is 93.2 Å². The van der Waals surface area contributed by atoms with Crippen molar-refractivity contribution in [1.82, 2.24) is 5.32 Å². The van der Waals surface area contributed by atoms with Crippen molar-refractivity contribution in [2.24, 2.45) is 0 Å². The van der Waals surface area contributed by atoms with Crippen molar-refractivity contribution in [2.45, 2.75) is 6.92 Å². The molecule has 0 aromatic carbocycles. The van der Waals surface area contributed by atoms with Gasteiger partial charge < -0.3 is 5.32 Å². The van der Waals surface area contributed by atoms with Gasteiger partial charge in [-0.25, -0.2) is 8.42 Å². The van der Waals surface area contributed by atoms with Gasteiger partial charge in [-0.1, -0.05) is 0 Å². The van der Waals surface area contributed by atoms with E-state index < -0.39 is 9.84 Å². The summed E-state index contributed by atoms with van der Waals surface area (Å²) >= 11 is 1.35. The number of aryl methyl sites for hydroxylation is 1. The van der Waals surface area contributed by atoms with Crippen molar-refractivity contribution < 1.29 is 13.2 Å². The van der Waals surface area contributed by atoms with Crippen molar-refractivity contribution in [3.8, 4) is 0 Å². The monoisotopic (exact) mass is 247 g/mol. The van der Waals surface area contributed by atoms with E-state index in [2.05, 4.69) is 5.32 Å². The molecular formula is C9H13NO3S2. The van der Waals surface area contributed by atoms with E-state index in [1.54, 1.807) is 0 Å². The molecule has 0 bridgehead atoms. The number of rotatable bonds is 4. The molecule has 0 unspecified atom stereocenters. The summed E-state index contributed by atoms with van der Waals surface area (Å²) in [7, 11) is -3.01.